The summed E-state index contributed by atoms with van der Waals surface area (Å²) in [6.07, 6.45) is 3.22. The second kappa shape index (κ2) is 6.64. The van der Waals surface area contributed by atoms with E-state index in [2.05, 4.69) is 31.3 Å². The molecule has 110 valence electrons. The molecule has 0 saturated heterocycles. The predicted molar refractivity (Wildman–Crippen MR) is 84.8 cm³/mol. The minimum atomic E-state index is -0.539. The van der Waals surface area contributed by atoms with E-state index in [-0.39, 0.29) is 5.91 Å². The van der Waals surface area contributed by atoms with Gasteiger partial charge in [0.25, 0.3) is 0 Å². The van der Waals surface area contributed by atoms with Crippen LogP contribution < -0.4 is 11.1 Å². The fourth-order valence-corrected chi connectivity index (χ4v) is 3.84. The molecule has 0 heterocycles. The van der Waals surface area contributed by atoms with Crippen LogP contribution in [0.4, 0.5) is 0 Å². The smallest absolute Gasteiger partial charge is 0.238 e. The van der Waals surface area contributed by atoms with Crippen LogP contribution in [0.1, 0.15) is 31.7 Å². The van der Waals surface area contributed by atoms with Crippen molar-refractivity contribution in [2.24, 2.45) is 11.7 Å². The summed E-state index contributed by atoms with van der Waals surface area (Å²) in [6, 6.07) is 8.29. The average molecular weight is 292 g/mol. The fraction of sp³-hybridized carbons (Fsp3) is 0.562. The van der Waals surface area contributed by atoms with Gasteiger partial charge in [-0.3, -0.25) is 4.79 Å². The van der Waals surface area contributed by atoms with Gasteiger partial charge in [0.05, 0.1) is 0 Å². The first-order chi connectivity index (χ1) is 9.60. The third-order valence-electron chi connectivity index (χ3n) is 3.95. The van der Waals surface area contributed by atoms with Crippen molar-refractivity contribution >= 4 is 17.7 Å². The summed E-state index contributed by atoms with van der Waals surface area (Å²) in [4.78, 5) is 13.3. The molecule has 1 unspecified atom stereocenters. The highest BCUT2D eigenvalue weighted by molar-refractivity contribution is 7.99. The van der Waals surface area contributed by atoms with Gasteiger partial charge in [-0.15, -0.1) is 11.8 Å². The lowest BCUT2D eigenvalue weighted by atomic mass is 9.94. The monoisotopic (exact) mass is 292 g/mol. The maximum atomic E-state index is 12.1. The Labute approximate surface area is 125 Å². The summed E-state index contributed by atoms with van der Waals surface area (Å²) in [5.74, 6) is 0.926. The van der Waals surface area contributed by atoms with E-state index in [0.717, 1.165) is 31.6 Å². The SMILES string of the molecule is CCCNC(CSc1ccccc1C)(C(N)=O)C1CC1. The van der Waals surface area contributed by atoms with Gasteiger partial charge in [-0.1, -0.05) is 25.1 Å². The Morgan fingerprint density at radius 3 is 2.70 bits per heavy atom. The van der Waals surface area contributed by atoms with Crippen LogP contribution in [-0.4, -0.2) is 23.7 Å². The third kappa shape index (κ3) is 3.36. The van der Waals surface area contributed by atoms with Crippen molar-refractivity contribution in [3.63, 3.8) is 0 Å². The third-order valence-corrected chi connectivity index (χ3v) is 5.32. The first-order valence-electron chi connectivity index (χ1n) is 7.33. The van der Waals surface area contributed by atoms with Crippen LogP contribution in [0, 0.1) is 12.8 Å². The Bertz CT molecular complexity index is 473. The van der Waals surface area contributed by atoms with Crippen molar-refractivity contribution < 1.29 is 4.79 Å². The largest absolute Gasteiger partial charge is 0.368 e. The Hall–Kier alpha value is -1.00. The molecule has 1 aromatic rings. The topological polar surface area (TPSA) is 55.1 Å². The number of nitrogens with two attached hydrogens (primary N) is 1. The molecule has 1 aliphatic rings. The van der Waals surface area contributed by atoms with Gasteiger partial charge in [0.2, 0.25) is 5.91 Å². The number of primary amides is 1. The lowest BCUT2D eigenvalue weighted by Crippen LogP contribution is -2.59. The van der Waals surface area contributed by atoms with Crippen molar-refractivity contribution in [3.8, 4) is 0 Å². The molecule has 1 aliphatic carbocycles. The summed E-state index contributed by atoms with van der Waals surface area (Å²) in [5, 5.41) is 3.44. The number of hydrogen-bond donors (Lipinski definition) is 2. The minimum Gasteiger partial charge on any atom is -0.368 e. The summed E-state index contributed by atoms with van der Waals surface area (Å²) in [7, 11) is 0. The van der Waals surface area contributed by atoms with Crippen LogP contribution in [0.15, 0.2) is 29.2 Å². The summed E-state index contributed by atoms with van der Waals surface area (Å²) in [6.45, 7) is 5.05. The second-order valence-electron chi connectivity index (χ2n) is 5.59. The molecule has 1 saturated carbocycles. The number of nitrogens with one attached hydrogen (secondary N) is 1. The van der Waals surface area contributed by atoms with Crippen molar-refractivity contribution in [3.05, 3.63) is 29.8 Å². The summed E-state index contributed by atoms with van der Waals surface area (Å²) in [5.41, 5.74) is 6.45. The van der Waals surface area contributed by atoms with Gasteiger partial charge in [0, 0.05) is 10.6 Å². The van der Waals surface area contributed by atoms with Gasteiger partial charge in [0.1, 0.15) is 5.54 Å². The standard InChI is InChI=1S/C16H24N2OS/c1-3-10-18-16(15(17)19,13-8-9-13)11-20-14-7-5-4-6-12(14)2/h4-7,13,18H,3,8-11H2,1-2H3,(H2,17,19). The molecule has 0 spiro atoms. The van der Waals surface area contributed by atoms with E-state index in [9.17, 15) is 4.79 Å². The van der Waals surface area contributed by atoms with Gasteiger partial charge < -0.3 is 11.1 Å². The molecule has 0 aromatic heterocycles. The van der Waals surface area contributed by atoms with Gasteiger partial charge in [-0.25, -0.2) is 0 Å². The molecule has 2 rings (SSSR count). The van der Waals surface area contributed by atoms with E-state index in [1.807, 2.05) is 12.1 Å². The molecule has 3 nitrogen and oxygen atoms in total. The molecule has 0 bridgehead atoms. The van der Waals surface area contributed by atoms with Crippen LogP contribution in [0.2, 0.25) is 0 Å². The van der Waals surface area contributed by atoms with Crippen LogP contribution in [0.25, 0.3) is 0 Å². The number of rotatable bonds is 8. The maximum absolute atomic E-state index is 12.1. The normalized spacial score (nSPS) is 17.7. The van der Waals surface area contributed by atoms with Crippen LogP contribution in [-0.2, 0) is 4.79 Å². The van der Waals surface area contributed by atoms with Gasteiger partial charge in [0.15, 0.2) is 0 Å². The Morgan fingerprint density at radius 2 is 2.15 bits per heavy atom. The van der Waals surface area contributed by atoms with Crippen molar-refractivity contribution in [2.75, 3.05) is 12.3 Å². The zero-order valence-electron chi connectivity index (χ0n) is 12.3. The first-order valence-corrected chi connectivity index (χ1v) is 8.32. The summed E-state index contributed by atoms with van der Waals surface area (Å²) < 4.78 is 0. The maximum Gasteiger partial charge on any atom is 0.238 e. The van der Waals surface area contributed by atoms with Crippen LogP contribution in [0.5, 0.6) is 0 Å². The number of carbonyl (C=O) groups excluding carboxylic acids is 1. The van der Waals surface area contributed by atoms with Gasteiger partial charge in [-0.05, 0) is 50.3 Å². The van der Waals surface area contributed by atoms with Crippen LogP contribution >= 0.6 is 11.8 Å². The minimum absolute atomic E-state index is 0.200. The van der Waals surface area contributed by atoms with E-state index < -0.39 is 5.54 Å². The number of carbonyl (C=O) groups is 1. The molecule has 0 radical (unpaired) electrons. The average Bonchev–Trinajstić information content (AvgIpc) is 3.25. The number of benzene rings is 1. The highest BCUT2D eigenvalue weighted by atomic mass is 32.2. The van der Waals surface area contributed by atoms with E-state index in [1.165, 1.54) is 10.5 Å². The van der Waals surface area contributed by atoms with E-state index in [0.29, 0.717) is 5.92 Å². The lowest BCUT2D eigenvalue weighted by molar-refractivity contribution is -0.124. The molecule has 1 amide bonds. The molecular formula is C16H24N2OS. The molecule has 1 atom stereocenters. The van der Waals surface area contributed by atoms with Crippen molar-refractivity contribution in [1.29, 1.82) is 0 Å². The Balaban J connectivity index is 2.11. The van der Waals surface area contributed by atoms with Gasteiger partial charge in [-0.2, -0.15) is 0 Å². The van der Waals surface area contributed by atoms with Crippen molar-refractivity contribution in [2.45, 2.75) is 43.5 Å². The molecule has 0 aliphatic heterocycles. The van der Waals surface area contributed by atoms with Crippen LogP contribution in [0.3, 0.4) is 0 Å². The Morgan fingerprint density at radius 1 is 1.45 bits per heavy atom. The van der Waals surface area contributed by atoms with Gasteiger partial charge >= 0.3 is 0 Å². The van der Waals surface area contributed by atoms with E-state index >= 15 is 0 Å². The zero-order chi connectivity index (χ0) is 14.6. The highest BCUT2D eigenvalue weighted by Crippen LogP contribution is 2.42. The molecule has 4 heteroatoms. The molecule has 20 heavy (non-hydrogen) atoms. The quantitative estimate of drug-likeness (QED) is 0.724. The highest BCUT2D eigenvalue weighted by Gasteiger charge is 2.49. The van der Waals surface area contributed by atoms with E-state index in [1.54, 1.807) is 11.8 Å². The first kappa shape index (κ1) is 15.4. The predicted octanol–water partition coefficient (Wildman–Crippen LogP) is 2.72. The molecular weight excluding hydrogens is 268 g/mol. The lowest BCUT2D eigenvalue weighted by Gasteiger charge is -2.32. The summed E-state index contributed by atoms with van der Waals surface area (Å²) >= 11 is 1.74. The molecule has 3 N–H and O–H groups in total. The van der Waals surface area contributed by atoms with Crippen molar-refractivity contribution in [1.82, 2.24) is 5.32 Å². The number of amides is 1. The second-order valence-corrected chi connectivity index (χ2v) is 6.61. The fourth-order valence-electron chi connectivity index (χ4n) is 2.51. The Kier molecular flexibility index (Phi) is 5.11. The number of hydrogen-bond acceptors (Lipinski definition) is 3. The van der Waals surface area contributed by atoms with E-state index in [4.69, 9.17) is 5.73 Å². The molecule has 1 aromatic carbocycles. The zero-order valence-corrected chi connectivity index (χ0v) is 13.1. The number of thioether (sulfide) groups is 1. The number of aryl methyl sites for hydroxylation is 1. The molecule has 1 fully saturated rings.